The van der Waals surface area contributed by atoms with E-state index in [9.17, 15) is 10.1 Å². The van der Waals surface area contributed by atoms with Gasteiger partial charge in [0.1, 0.15) is 0 Å². The van der Waals surface area contributed by atoms with Gasteiger partial charge in [0.2, 0.25) is 0 Å². The van der Waals surface area contributed by atoms with E-state index in [4.69, 9.17) is 4.74 Å². The van der Waals surface area contributed by atoms with Crippen molar-refractivity contribution in [3.8, 4) is 0 Å². The van der Waals surface area contributed by atoms with Crippen LogP contribution in [0.3, 0.4) is 0 Å². The molecule has 1 aromatic rings. The van der Waals surface area contributed by atoms with Crippen LogP contribution in [-0.4, -0.2) is 61.7 Å². The minimum absolute atomic E-state index is 0.117. The van der Waals surface area contributed by atoms with E-state index in [1.54, 1.807) is 25.2 Å². The summed E-state index contributed by atoms with van der Waals surface area (Å²) >= 11 is 0. The standard InChI is InChI=1S/C19H31N5O3/c1-15(2)12-17(23-8-10-27-11-9-23)14-22-19(20-3)21-13-16-6-4-5-7-18(16)24(25)26/h4-7,15,17H,8-14H2,1-3H3,(H2,20,21,22). The lowest BCUT2D eigenvalue weighted by atomic mass is 10.0. The second kappa shape index (κ2) is 10.8. The van der Waals surface area contributed by atoms with Gasteiger partial charge in [0.25, 0.3) is 5.69 Å². The Hall–Kier alpha value is -2.19. The Balaban J connectivity index is 1.92. The summed E-state index contributed by atoms with van der Waals surface area (Å²) in [6.45, 7) is 9.03. The summed E-state index contributed by atoms with van der Waals surface area (Å²) in [5.74, 6) is 1.25. The van der Waals surface area contributed by atoms with Gasteiger partial charge in [-0.3, -0.25) is 20.0 Å². The zero-order chi connectivity index (χ0) is 19.6. The number of aliphatic imine (C=N–C) groups is 1. The lowest BCUT2D eigenvalue weighted by Gasteiger charge is -2.35. The van der Waals surface area contributed by atoms with Crippen molar-refractivity contribution in [2.45, 2.75) is 32.9 Å². The van der Waals surface area contributed by atoms with Gasteiger partial charge in [0, 0.05) is 50.9 Å². The monoisotopic (exact) mass is 377 g/mol. The van der Waals surface area contributed by atoms with Gasteiger partial charge in [-0.2, -0.15) is 0 Å². The highest BCUT2D eigenvalue weighted by molar-refractivity contribution is 5.79. The highest BCUT2D eigenvalue weighted by Gasteiger charge is 2.22. The summed E-state index contributed by atoms with van der Waals surface area (Å²) in [4.78, 5) is 17.5. The van der Waals surface area contributed by atoms with E-state index in [-0.39, 0.29) is 10.6 Å². The van der Waals surface area contributed by atoms with Crippen molar-refractivity contribution in [2.75, 3.05) is 39.9 Å². The van der Waals surface area contributed by atoms with Gasteiger partial charge in [-0.1, -0.05) is 32.0 Å². The molecule has 2 N–H and O–H groups in total. The van der Waals surface area contributed by atoms with Crippen molar-refractivity contribution in [3.63, 3.8) is 0 Å². The lowest BCUT2D eigenvalue weighted by Crippen LogP contribution is -2.51. The van der Waals surface area contributed by atoms with Crippen LogP contribution in [0.25, 0.3) is 0 Å². The van der Waals surface area contributed by atoms with E-state index >= 15 is 0 Å². The summed E-state index contributed by atoms with van der Waals surface area (Å²) in [5.41, 5.74) is 0.754. The van der Waals surface area contributed by atoms with Crippen LogP contribution in [0.1, 0.15) is 25.8 Å². The Labute approximate surface area is 161 Å². The number of nitro groups is 1. The third kappa shape index (κ3) is 6.80. The molecule has 8 nitrogen and oxygen atoms in total. The summed E-state index contributed by atoms with van der Waals surface area (Å²) in [6.07, 6.45) is 1.09. The number of nitrogens with zero attached hydrogens (tertiary/aromatic N) is 3. The number of hydrogen-bond acceptors (Lipinski definition) is 5. The Morgan fingerprint density at radius 2 is 2.00 bits per heavy atom. The molecule has 27 heavy (non-hydrogen) atoms. The zero-order valence-electron chi connectivity index (χ0n) is 16.5. The quantitative estimate of drug-likeness (QED) is 0.312. The smallest absolute Gasteiger partial charge is 0.274 e. The second-order valence-electron chi connectivity index (χ2n) is 7.12. The molecule has 0 amide bonds. The third-order valence-electron chi connectivity index (χ3n) is 4.67. The minimum atomic E-state index is -0.357. The summed E-state index contributed by atoms with van der Waals surface area (Å²) in [5, 5.41) is 17.7. The average molecular weight is 377 g/mol. The molecule has 1 fully saturated rings. The van der Waals surface area contributed by atoms with E-state index in [2.05, 4.69) is 34.4 Å². The molecule has 0 saturated carbocycles. The fraction of sp³-hybridized carbons (Fsp3) is 0.632. The van der Waals surface area contributed by atoms with Crippen molar-refractivity contribution >= 4 is 11.6 Å². The Kier molecular flexibility index (Phi) is 8.47. The van der Waals surface area contributed by atoms with Crippen LogP contribution in [0.15, 0.2) is 29.3 Å². The van der Waals surface area contributed by atoms with Crippen LogP contribution in [0, 0.1) is 16.0 Å². The van der Waals surface area contributed by atoms with Gasteiger partial charge >= 0.3 is 0 Å². The first-order valence-electron chi connectivity index (χ1n) is 9.50. The van der Waals surface area contributed by atoms with Gasteiger partial charge in [0.05, 0.1) is 18.1 Å². The number of guanidine groups is 1. The maximum absolute atomic E-state index is 11.1. The Morgan fingerprint density at radius 3 is 2.63 bits per heavy atom. The van der Waals surface area contributed by atoms with E-state index in [1.165, 1.54) is 6.07 Å². The summed E-state index contributed by atoms with van der Waals surface area (Å²) in [6, 6.07) is 7.15. The summed E-state index contributed by atoms with van der Waals surface area (Å²) in [7, 11) is 1.71. The molecule has 1 heterocycles. The van der Waals surface area contributed by atoms with E-state index in [1.807, 2.05) is 0 Å². The van der Waals surface area contributed by atoms with Crippen LogP contribution in [0.4, 0.5) is 5.69 Å². The molecule has 0 bridgehead atoms. The molecule has 1 atom stereocenters. The van der Waals surface area contributed by atoms with Gasteiger partial charge in [-0.05, 0) is 12.3 Å². The number of nitrogens with one attached hydrogen (secondary N) is 2. The van der Waals surface area contributed by atoms with Gasteiger partial charge in [-0.25, -0.2) is 0 Å². The molecule has 150 valence electrons. The maximum Gasteiger partial charge on any atom is 0.274 e. The molecule has 1 aromatic carbocycles. The number of hydrogen-bond donors (Lipinski definition) is 2. The van der Waals surface area contributed by atoms with Crippen LogP contribution in [0.5, 0.6) is 0 Å². The normalized spacial score (nSPS) is 17.0. The molecule has 1 saturated heterocycles. The minimum Gasteiger partial charge on any atom is -0.379 e. The maximum atomic E-state index is 11.1. The van der Waals surface area contributed by atoms with Crippen molar-refractivity contribution < 1.29 is 9.66 Å². The number of benzene rings is 1. The fourth-order valence-electron chi connectivity index (χ4n) is 3.30. The fourth-order valence-corrected chi connectivity index (χ4v) is 3.30. The van der Waals surface area contributed by atoms with Crippen LogP contribution >= 0.6 is 0 Å². The Morgan fingerprint density at radius 1 is 1.30 bits per heavy atom. The highest BCUT2D eigenvalue weighted by atomic mass is 16.6. The SMILES string of the molecule is CN=C(NCc1ccccc1[N+](=O)[O-])NCC(CC(C)C)N1CCOCC1. The molecule has 1 aliphatic heterocycles. The molecule has 2 rings (SSSR count). The largest absolute Gasteiger partial charge is 0.379 e. The predicted octanol–water partition coefficient (Wildman–Crippen LogP) is 2.01. The van der Waals surface area contributed by atoms with E-state index < -0.39 is 0 Å². The number of para-hydroxylation sites is 1. The number of ether oxygens (including phenoxy) is 1. The van der Waals surface area contributed by atoms with Crippen molar-refractivity contribution in [1.29, 1.82) is 0 Å². The van der Waals surface area contributed by atoms with E-state index in [0.29, 0.717) is 30.0 Å². The third-order valence-corrected chi connectivity index (χ3v) is 4.67. The van der Waals surface area contributed by atoms with Gasteiger partial charge < -0.3 is 15.4 Å². The second-order valence-corrected chi connectivity index (χ2v) is 7.12. The van der Waals surface area contributed by atoms with E-state index in [0.717, 1.165) is 39.3 Å². The number of morpholine rings is 1. The molecule has 1 aliphatic rings. The van der Waals surface area contributed by atoms with Crippen LogP contribution in [-0.2, 0) is 11.3 Å². The molecule has 0 aromatic heterocycles. The number of nitro benzene ring substituents is 1. The first-order valence-corrected chi connectivity index (χ1v) is 9.50. The molecule has 0 radical (unpaired) electrons. The topological polar surface area (TPSA) is 92.0 Å². The van der Waals surface area contributed by atoms with Crippen LogP contribution in [0.2, 0.25) is 0 Å². The average Bonchev–Trinajstić information content (AvgIpc) is 2.67. The van der Waals surface area contributed by atoms with Crippen molar-refractivity contribution in [1.82, 2.24) is 15.5 Å². The van der Waals surface area contributed by atoms with Crippen molar-refractivity contribution in [2.24, 2.45) is 10.9 Å². The predicted molar refractivity (Wildman–Crippen MR) is 107 cm³/mol. The van der Waals surface area contributed by atoms with Crippen molar-refractivity contribution in [3.05, 3.63) is 39.9 Å². The molecule has 0 spiro atoms. The molecular weight excluding hydrogens is 346 g/mol. The highest BCUT2D eigenvalue weighted by Crippen LogP contribution is 2.17. The lowest BCUT2D eigenvalue weighted by molar-refractivity contribution is -0.385. The molecule has 1 unspecified atom stereocenters. The molecule has 8 heteroatoms. The molecular formula is C19H31N5O3. The first kappa shape index (κ1) is 21.1. The zero-order valence-corrected chi connectivity index (χ0v) is 16.5. The summed E-state index contributed by atoms with van der Waals surface area (Å²) < 4.78 is 5.47. The van der Waals surface area contributed by atoms with Crippen LogP contribution < -0.4 is 10.6 Å². The van der Waals surface area contributed by atoms with Gasteiger partial charge in [0.15, 0.2) is 5.96 Å². The number of rotatable bonds is 8. The first-order chi connectivity index (χ1) is 13.0. The Bertz CT molecular complexity index is 630. The molecule has 0 aliphatic carbocycles. The van der Waals surface area contributed by atoms with Gasteiger partial charge in [-0.15, -0.1) is 0 Å².